The summed E-state index contributed by atoms with van der Waals surface area (Å²) in [4.78, 5) is 0. The summed E-state index contributed by atoms with van der Waals surface area (Å²) in [5.74, 6) is 1.11. The number of rotatable bonds is 2. The van der Waals surface area contributed by atoms with Crippen LogP contribution in [0.3, 0.4) is 0 Å². The van der Waals surface area contributed by atoms with Gasteiger partial charge < -0.3 is 0 Å². The van der Waals surface area contributed by atoms with Crippen LogP contribution < -0.4 is 0 Å². The van der Waals surface area contributed by atoms with Crippen LogP contribution in [-0.2, 0) is 0 Å². The molecule has 2 atom stereocenters. The van der Waals surface area contributed by atoms with Gasteiger partial charge in [-0.3, -0.25) is 0 Å². The van der Waals surface area contributed by atoms with E-state index in [2.05, 4.69) is 77.3 Å². The quantitative estimate of drug-likeness (QED) is 0.578. The van der Waals surface area contributed by atoms with Crippen LogP contribution in [0.4, 0.5) is 0 Å². The van der Waals surface area contributed by atoms with Gasteiger partial charge in [-0.2, -0.15) is 0 Å². The fourth-order valence-corrected chi connectivity index (χ4v) is 4.29. The van der Waals surface area contributed by atoms with Crippen molar-refractivity contribution >= 4 is 5.57 Å². The molecule has 2 aliphatic carbocycles. The molecule has 23 heavy (non-hydrogen) atoms. The first-order valence-corrected chi connectivity index (χ1v) is 8.65. The average Bonchev–Trinajstić information content (AvgIpc) is 2.88. The van der Waals surface area contributed by atoms with E-state index in [4.69, 9.17) is 0 Å². The Morgan fingerprint density at radius 1 is 1.09 bits per heavy atom. The van der Waals surface area contributed by atoms with Crippen LogP contribution in [0.25, 0.3) is 5.57 Å². The molecule has 3 rings (SSSR count). The Hall–Kier alpha value is -1.82. The van der Waals surface area contributed by atoms with Crippen molar-refractivity contribution in [1.82, 2.24) is 0 Å². The number of benzene rings is 1. The highest BCUT2D eigenvalue weighted by atomic mass is 14.5. The molecule has 0 aromatic heterocycles. The van der Waals surface area contributed by atoms with Gasteiger partial charge in [-0.1, -0.05) is 81.5 Å². The first-order valence-electron chi connectivity index (χ1n) is 8.65. The van der Waals surface area contributed by atoms with Crippen molar-refractivity contribution in [3.63, 3.8) is 0 Å². The molecule has 0 heterocycles. The molecule has 0 saturated carbocycles. The maximum atomic E-state index is 4.45. The molecule has 2 aliphatic rings. The molecule has 0 nitrogen and oxygen atoms in total. The van der Waals surface area contributed by atoms with Crippen LogP contribution >= 0.6 is 0 Å². The summed E-state index contributed by atoms with van der Waals surface area (Å²) in [5, 5.41) is 0. The van der Waals surface area contributed by atoms with E-state index in [0.717, 1.165) is 18.4 Å². The summed E-state index contributed by atoms with van der Waals surface area (Å²) in [7, 11) is 0. The van der Waals surface area contributed by atoms with E-state index in [0.29, 0.717) is 11.8 Å². The Labute approximate surface area is 141 Å². The predicted molar refractivity (Wildman–Crippen MR) is 101 cm³/mol. The Kier molecular flexibility index (Phi) is 3.96. The molecule has 0 N–H and O–H groups in total. The summed E-state index contributed by atoms with van der Waals surface area (Å²) < 4.78 is 0. The van der Waals surface area contributed by atoms with E-state index < -0.39 is 0 Å². The van der Waals surface area contributed by atoms with E-state index in [1.165, 1.54) is 16.7 Å². The van der Waals surface area contributed by atoms with Crippen molar-refractivity contribution in [3.8, 4) is 0 Å². The Balaban J connectivity index is 2.09. The molecule has 120 valence electrons. The average molecular weight is 304 g/mol. The van der Waals surface area contributed by atoms with Crippen LogP contribution in [0, 0.1) is 17.3 Å². The van der Waals surface area contributed by atoms with E-state index >= 15 is 0 Å². The van der Waals surface area contributed by atoms with Gasteiger partial charge in [-0.25, -0.2) is 0 Å². The van der Waals surface area contributed by atoms with Gasteiger partial charge in [0.2, 0.25) is 0 Å². The lowest BCUT2D eigenvalue weighted by molar-refractivity contribution is 0.445. The highest BCUT2D eigenvalue weighted by Crippen LogP contribution is 2.55. The molecule has 0 aliphatic heterocycles. The highest BCUT2D eigenvalue weighted by molar-refractivity contribution is 5.76. The van der Waals surface area contributed by atoms with Crippen LogP contribution in [0.2, 0.25) is 0 Å². The topological polar surface area (TPSA) is 0 Å². The van der Waals surface area contributed by atoms with Crippen LogP contribution in [0.1, 0.15) is 46.1 Å². The van der Waals surface area contributed by atoms with Gasteiger partial charge in [0, 0.05) is 0 Å². The standard InChI is InChI=1S/C23H28/c1-15(2)18-12-13-19-20(16(18)3)14-21(23(4,5)6)22(19)17-10-8-7-9-11-17/h7-12,19-20H,1,3,13-14H2,2,4-6H3. The van der Waals surface area contributed by atoms with Crippen molar-refractivity contribution in [2.75, 3.05) is 0 Å². The third-order valence-electron chi connectivity index (χ3n) is 5.43. The molecule has 1 aromatic rings. The van der Waals surface area contributed by atoms with Crippen molar-refractivity contribution in [1.29, 1.82) is 0 Å². The maximum Gasteiger partial charge on any atom is -0.00494 e. The number of hydrogen-bond donors (Lipinski definition) is 0. The Morgan fingerprint density at radius 2 is 1.74 bits per heavy atom. The summed E-state index contributed by atoms with van der Waals surface area (Å²) in [6.07, 6.45) is 4.61. The summed E-state index contributed by atoms with van der Waals surface area (Å²) >= 11 is 0. The van der Waals surface area contributed by atoms with Gasteiger partial charge in [0.1, 0.15) is 0 Å². The molecule has 0 fully saturated rings. The van der Waals surface area contributed by atoms with E-state index in [9.17, 15) is 0 Å². The second-order valence-electron chi connectivity index (χ2n) is 8.08. The third-order valence-corrected chi connectivity index (χ3v) is 5.43. The molecule has 0 spiro atoms. The molecule has 0 amide bonds. The Morgan fingerprint density at radius 3 is 2.30 bits per heavy atom. The number of fused-ring (bicyclic) bond motifs is 1. The van der Waals surface area contributed by atoms with E-state index in [1.54, 1.807) is 11.1 Å². The molecule has 1 aromatic carbocycles. The fourth-order valence-electron chi connectivity index (χ4n) is 4.29. The predicted octanol–water partition coefficient (Wildman–Crippen LogP) is 6.58. The minimum Gasteiger partial charge on any atom is -0.0955 e. The zero-order chi connectivity index (χ0) is 16.8. The van der Waals surface area contributed by atoms with Crippen molar-refractivity contribution in [2.24, 2.45) is 17.3 Å². The lowest BCUT2D eigenvalue weighted by Gasteiger charge is -2.30. The molecule has 0 bridgehead atoms. The van der Waals surface area contributed by atoms with Gasteiger partial charge >= 0.3 is 0 Å². The smallest absolute Gasteiger partial charge is 0.00494 e. The SMILES string of the molecule is C=C(C)C1=CCC2C(c3ccccc3)=C(C(C)(C)C)CC2C1=C. The number of allylic oxidation sites excluding steroid dienone is 6. The van der Waals surface area contributed by atoms with Crippen molar-refractivity contribution in [3.05, 3.63) is 77.4 Å². The van der Waals surface area contributed by atoms with Crippen LogP contribution in [0.5, 0.6) is 0 Å². The first kappa shape index (κ1) is 16.1. The highest BCUT2D eigenvalue weighted by Gasteiger charge is 2.42. The van der Waals surface area contributed by atoms with E-state index in [1.807, 2.05) is 0 Å². The maximum absolute atomic E-state index is 4.45. The second-order valence-corrected chi connectivity index (χ2v) is 8.08. The zero-order valence-corrected chi connectivity index (χ0v) is 14.9. The molecule has 0 saturated heterocycles. The Bertz CT molecular complexity index is 704. The number of hydrogen-bond acceptors (Lipinski definition) is 0. The third kappa shape index (κ3) is 2.76. The molecule has 2 unspecified atom stereocenters. The van der Waals surface area contributed by atoms with Gasteiger partial charge in [-0.15, -0.1) is 0 Å². The lowest BCUT2D eigenvalue weighted by atomic mass is 9.74. The van der Waals surface area contributed by atoms with Gasteiger partial charge in [0.05, 0.1) is 0 Å². The normalized spacial score (nSPS) is 24.5. The largest absolute Gasteiger partial charge is 0.0955 e. The summed E-state index contributed by atoms with van der Waals surface area (Å²) in [6, 6.07) is 11.0. The van der Waals surface area contributed by atoms with Crippen LogP contribution in [0.15, 0.2) is 71.9 Å². The lowest BCUT2D eigenvalue weighted by Crippen LogP contribution is -2.18. The van der Waals surface area contributed by atoms with Crippen molar-refractivity contribution in [2.45, 2.75) is 40.5 Å². The van der Waals surface area contributed by atoms with Gasteiger partial charge in [0.25, 0.3) is 0 Å². The summed E-state index contributed by atoms with van der Waals surface area (Å²) in [5.41, 5.74) is 8.52. The molecular weight excluding hydrogens is 276 g/mol. The first-order chi connectivity index (χ1) is 10.8. The molecular formula is C23H28. The van der Waals surface area contributed by atoms with Crippen molar-refractivity contribution < 1.29 is 0 Å². The van der Waals surface area contributed by atoms with Gasteiger partial charge in [0.15, 0.2) is 0 Å². The van der Waals surface area contributed by atoms with E-state index in [-0.39, 0.29) is 5.41 Å². The van der Waals surface area contributed by atoms with Crippen LogP contribution in [-0.4, -0.2) is 0 Å². The monoisotopic (exact) mass is 304 g/mol. The molecule has 0 heteroatoms. The fraction of sp³-hybridized carbons (Fsp3) is 0.391. The minimum atomic E-state index is 0.201. The zero-order valence-electron chi connectivity index (χ0n) is 14.9. The molecule has 0 radical (unpaired) electrons. The second kappa shape index (κ2) is 5.67. The van der Waals surface area contributed by atoms with Gasteiger partial charge in [-0.05, 0) is 59.3 Å². The summed E-state index contributed by atoms with van der Waals surface area (Å²) in [6.45, 7) is 17.7. The minimum absolute atomic E-state index is 0.201.